The Hall–Kier alpha value is -1.42. The predicted molar refractivity (Wildman–Crippen MR) is 73.5 cm³/mol. The maximum absolute atomic E-state index is 12.1. The van der Waals surface area contributed by atoms with Gasteiger partial charge in [0.2, 0.25) is 5.91 Å². The van der Waals surface area contributed by atoms with E-state index >= 15 is 0 Å². The quantitative estimate of drug-likeness (QED) is 0.813. The van der Waals surface area contributed by atoms with Gasteiger partial charge in [-0.3, -0.25) is 4.79 Å². The van der Waals surface area contributed by atoms with Gasteiger partial charge >= 0.3 is 0 Å². The van der Waals surface area contributed by atoms with Crippen molar-refractivity contribution in [3.63, 3.8) is 0 Å². The van der Waals surface area contributed by atoms with E-state index in [1.54, 1.807) is 11.8 Å². The van der Waals surface area contributed by atoms with E-state index in [9.17, 15) is 4.79 Å². The normalized spacial score (nSPS) is 11.9. The van der Waals surface area contributed by atoms with Crippen molar-refractivity contribution in [2.24, 2.45) is 11.7 Å². The molecule has 1 amide bonds. The molecule has 92 valence electrons. The van der Waals surface area contributed by atoms with Crippen LogP contribution in [-0.4, -0.2) is 22.3 Å². The van der Waals surface area contributed by atoms with E-state index in [0.29, 0.717) is 13.1 Å². The molecule has 3 nitrogen and oxygen atoms in total. The molecule has 4 heteroatoms. The van der Waals surface area contributed by atoms with Crippen molar-refractivity contribution in [3.05, 3.63) is 35.9 Å². The monoisotopic (exact) mass is 250 g/mol. The molecular formula is C13H18N2OS. The van der Waals surface area contributed by atoms with Gasteiger partial charge in [0.1, 0.15) is 0 Å². The minimum Gasteiger partial charge on any atom is -0.393 e. The highest BCUT2D eigenvalue weighted by molar-refractivity contribution is 7.80. The molecule has 1 rings (SSSR count). The summed E-state index contributed by atoms with van der Waals surface area (Å²) in [4.78, 5) is 14.1. The fraction of sp³-hybridized carbons (Fsp3) is 0.385. The van der Waals surface area contributed by atoms with E-state index in [4.69, 9.17) is 18.0 Å². The van der Waals surface area contributed by atoms with Gasteiger partial charge in [0, 0.05) is 13.1 Å². The fourth-order valence-electron chi connectivity index (χ4n) is 1.54. The number of thiocarbonyl (C=S) groups is 1. The van der Waals surface area contributed by atoms with Gasteiger partial charge in [-0.25, -0.2) is 0 Å². The second-order valence-corrected chi connectivity index (χ2v) is 4.43. The topological polar surface area (TPSA) is 46.3 Å². The second kappa shape index (κ2) is 6.35. The summed E-state index contributed by atoms with van der Waals surface area (Å²) in [6.45, 7) is 4.95. The van der Waals surface area contributed by atoms with E-state index in [-0.39, 0.29) is 10.9 Å². The molecule has 0 spiro atoms. The van der Waals surface area contributed by atoms with Gasteiger partial charge in [0.05, 0.1) is 10.9 Å². The average molecular weight is 250 g/mol. The van der Waals surface area contributed by atoms with Gasteiger partial charge in [0.15, 0.2) is 0 Å². The van der Waals surface area contributed by atoms with Crippen LogP contribution >= 0.6 is 12.2 Å². The molecule has 1 aromatic rings. The van der Waals surface area contributed by atoms with E-state index in [1.807, 2.05) is 37.3 Å². The van der Waals surface area contributed by atoms with Crippen molar-refractivity contribution in [3.8, 4) is 0 Å². The first-order valence-corrected chi connectivity index (χ1v) is 6.09. The number of nitrogens with two attached hydrogens (primary N) is 1. The van der Waals surface area contributed by atoms with Crippen molar-refractivity contribution in [1.82, 2.24) is 4.90 Å². The molecule has 1 aromatic carbocycles. The first kappa shape index (κ1) is 13.6. The molecule has 2 N–H and O–H groups in total. The highest BCUT2D eigenvalue weighted by Gasteiger charge is 2.21. The Morgan fingerprint density at radius 2 is 2.00 bits per heavy atom. The van der Waals surface area contributed by atoms with Crippen LogP contribution < -0.4 is 5.73 Å². The molecular weight excluding hydrogens is 232 g/mol. The lowest BCUT2D eigenvalue weighted by atomic mass is 10.1. The number of carbonyl (C=O) groups excluding carboxylic acids is 1. The Balaban J connectivity index is 2.72. The van der Waals surface area contributed by atoms with Crippen LogP contribution in [0.1, 0.15) is 19.4 Å². The van der Waals surface area contributed by atoms with Crippen molar-refractivity contribution >= 4 is 23.1 Å². The highest BCUT2D eigenvalue weighted by Crippen LogP contribution is 2.09. The third kappa shape index (κ3) is 3.82. The minimum atomic E-state index is -0.395. The lowest BCUT2D eigenvalue weighted by Crippen LogP contribution is -2.39. The average Bonchev–Trinajstić information content (AvgIpc) is 2.35. The lowest BCUT2D eigenvalue weighted by Gasteiger charge is -2.24. The number of nitrogens with zero attached hydrogens (tertiary/aromatic N) is 1. The number of hydrogen-bond donors (Lipinski definition) is 1. The maximum Gasteiger partial charge on any atom is 0.232 e. The van der Waals surface area contributed by atoms with Crippen molar-refractivity contribution in [2.45, 2.75) is 20.4 Å². The number of carbonyl (C=O) groups is 1. The zero-order valence-electron chi connectivity index (χ0n) is 10.2. The summed E-state index contributed by atoms with van der Waals surface area (Å²) in [5.74, 6) is -0.405. The van der Waals surface area contributed by atoms with E-state index in [1.165, 1.54) is 0 Å². The predicted octanol–water partition coefficient (Wildman–Crippen LogP) is 1.96. The Kier molecular flexibility index (Phi) is 5.10. The first-order chi connectivity index (χ1) is 8.06. The SMILES string of the molecule is CCN(Cc1ccccc1)C(=O)C(C)C(N)=S. The Bertz CT molecular complexity index is 392. The van der Waals surface area contributed by atoms with Crippen LogP contribution in [0.2, 0.25) is 0 Å². The van der Waals surface area contributed by atoms with Gasteiger partial charge in [-0.2, -0.15) is 0 Å². The molecule has 0 aliphatic heterocycles. The molecule has 0 radical (unpaired) electrons. The van der Waals surface area contributed by atoms with Crippen molar-refractivity contribution < 1.29 is 4.79 Å². The summed E-state index contributed by atoms with van der Waals surface area (Å²) in [5, 5.41) is 0. The Morgan fingerprint density at radius 3 is 2.47 bits per heavy atom. The summed E-state index contributed by atoms with van der Waals surface area (Å²) in [6, 6.07) is 9.89. The molecule has 0 saturated carbocycles. The van der Waals surface area contributed by atoms with Gasteiger partial charge in [-0.05, 0) is 19.4 Å². The fourth-order valence-corrected chi connectivity index (χ4v) is 1.65. The largest absolute Gasteiger partial charge is 0.393 e. The van der Waals surface area contributed by atoms with E-state index in [0.717, 1.165) is 5.56 Å². The van der Waals surface area contributed by atoms with Crippen LogP contribution in [0.25, 0.3) is 0 Å². The molecule has 0 heterocycles. The minimum absolute atomic E-state index is 0.0103. The van der Waals surface area contributed by atoms with Crippen LogP contribution in [-0.2, 0) is 11.3 Å². The molecule has 1 atom stereocenters. The lowest BCUT2D eigenvalue weighted by molar-refractivity contribution is -0.133. The maximum atomic E-state index is 12.1. The first-order valence-electron chi connectivity index (χ1n) is 5.68. The standard InChI is InChI=1S/C13H18N2OS/c1-3-15(13(16)10(2)12(14)17)9-11-7-5-4-6-8-11/h4-8,10H,3,9H2,1-2H3,(H2,14,17). The number of rotatable bonds is 5. The summed E-state index contributed by atoms with van der Waals surface area (Å²) in [5.41, 5.74) is 6.62. The number of benzene rings is 1. The zero-order valence-corrected chi connectivity index (χ0v) is 11.0. The Labute approximate surface area is 108 Å². The summed E-state index contributed by atoms with van der Waals surface area (Å²) in [7, 11) is 0. The molecule has 0 bridgehead atoms. The summed E-state index contributed by atoms with van der Waals surface area (Å²) in [6.07, 6.45) is 0. The van der Waals surface area contributed by atoms with Crippen molar-refractivity contribution in [1.29, 1.82) is 0 Å². The number of amides is 1. The highest BCUT2D eigenvalue weighted by atomic mass is 32.1. The van der Waals surface area contributed by atoms with Crippen LogP contribution in [0.15, 0.2) is 30.3 Å². The third-order valence-corrected chi connectivity index (χ3v) is 3.06. The van der Waals surface area contributed by atoms with Gasteiger partial charge in [-0.1, -0.05) is 42.5 Å². The molecule has 0 aliphatic rings. The van der Waals surface area contributed by atoms with Crippen LogP contribution in [0.4, 0.5) is 0 Å². The van der Waals surface area contributed by atoms with E-state index in [2.05, 4.69) is 0 Å². The summed E-state index contributed by atoms with van der Waals surface area (Å²) >= 11 is 4.86. The van der Waals surface area contributed by atoms with E-state index < -0.39 is 5.92 Å². The Morgan fingerprint density at radius 1 is 1.41 bits per heavy atom. The third-order valence-electron chi connectivity index (χ3n) is 2.71. The van der Waals surface area contributed by atoms with Crippen molar-refractivity contribution in [2.75, 3.05) is 6.54 Å². The van der Waals surface area contributed by atoms with Gasteiger partial charge < -0.3 is 10.6 Å². The molecule has 1 unspecified atom stereocenters. The molecule has 17 heavy (non-hydrogen) atoms. The molecule has 0 fully saturated rings. The summed E-state index contributed by atoms with van der Waals surface area (Å²) < 4.78 is 0. The van der Waals surface area contributed by atoms with Gasteiger partial charge in [0.25, 0.3) is 0 Å². The zero-order chi connectivity index (χ0) is 12.8. The van der Waals surface area contributed by atoms with Crippen LogP contribution in [0, 0.1) is 5.92 Å². The number of hydrogen-bond acceptors (Lipinski definition) is 2. The van der Waals surface area contributed by atoms with Crippen LogP contribution in [0.5, 0.6) is 0 Å². The molecule has 0 aromatic heterocycles. The molecule has 0 aliphatic carbocycles. The molecule has 0 saturated heterocycles. The second-order valence-electron chi connectivity index (χ2n) is 3.96. The van der Waals surface area contributed by atoms with Gasteiger partial charge in [-0.15, -0.1) is 0 Å². The van der Waals surface area contributed by atoms with Crippen LogP contribution in [0.3, 0.4) is 0 Å². The smallest absolute Gasteiger partial charge is 0.232 e.